The molecule has 0 atom stereocenters. The first-order chi connectivity index (χ1) is 10.7. The van der Waals surface area contributed by atoms with E-state index in [0.29, 0.717) is 0 Å². The highest BCUT2D eigenvalue weighted by Gasteiger charge is 2.11. The first-order valence-electron chi connectivity index (χ1n) is 7.40. The van der Waals surface area contributed by atoms with Crippen molar-refractivity contribution >= 4 is 11.8 Å². The van der Waals surface area contributed by atoms with Crippen molar-refractivity contribution in [3.63, 3.8) is 0 Å². The Hall–Kier alpha value is -2.07. The normalized spacial score (nSPS) is 10.8. The van der Waals surface area contributed by atoms with Gasteiger partial charge in [0.25, 0.3) is 0 Å². The van der Waals surface area contributed by atoms with E-state index in [1.54, 1.807) is 11.8 Å². The highest BCUT2D eigenvalue weighted by molar-refractivity contribution is 7.99. The Bertz CT molecular complexity index is 750. The molecule has 0 fully saturated rings. The lowest BCUT2D eigenvalue weighted by Gasteiger charge is -2.09. The van der Waals surface area contributed by atoms with Crippen LogP contribution >= 0.6 is 11.8 Å². The third-order valence-electron chi connectivity index (χ3n) is 3.52. The number of aromatic nitrogens is 3. The summed E-state index contributed by atoms with van der Waals surface area (Å²) in [6.07, 6.45) is 1.03. The minimum Gasteiger partial charge on any atom is -0.274 e. The second kappa shape index (κ2) is 6.79. The molecule has 0 amide bonds. The quantitative estimate of drug-likeness (QED) is 0.661. The number of benzene rings is 2. The van der Waals surface area contributed by atoms with Crippen LogP contribution in [0.3, 0.4) is 0 Å². The minimum atomic E-state index is 0.924. The molecule has 4 heteroatoms. The van der Waals surface area contributed by atoms with E-state index < -0.39 is 0 Å². The van der Waals surface area contributed by atoms with Gasteiger partial charge in [0, 0.05) is 11.4 Å². The van der Waals surface area contributed by atoms with Gasteiger partial charge >= 0.3 is 0 Å². The van der Waals surface area contributed by atoms with E-state index in [0.717, 1.165) is 28.8 Å². The largest absolute Gasteiger partial charge is 0.274 e. The lowest BCUT2D eigenvalue weighted by molar-refractivity contribution is 0.866. The third kappa shape index (κ3) is 3.39. The van der Waals surface area contributed by atoms with Crippen molar-refractivity contribution in [2.24, 2.45) is 0 Å². The fraction of sp³-hybridized carbons (Fsp3) is 0.222. The van der Waals surface area contributed by atoms with E-state index in [9.17, 15) is 0 Å². The van der Waals surface area contributed by atoms with Crippen LogP contribution < -0.4 is 0 Å². The van der Waals surface area contributed by atoms with E-state index in [1.807, 2.05) is 13.0 Å². The average molecular weight is 309 g/mol. The van der Waals surface area contributed by atoms with Gasteiger partial charge in [0.15, 0.2) is 5.16 Å². The number of nitrogens with zero attached hydrogens (tertiary/aromatic N) is 3. The van der Waals surface area contributed by atoms with E-state index >= 15 is 0 Å². The molecule has 1 heterocycles. The maximum Gasteiger partial charge on any atom is 0.195 e. The molecule has 0 aliphatic rings. The number of hydrogen-bond donors (Lipinski definition) is 0. The summed E-state index contributed by atoms with van der Waals surface area (Å²) in [5, 5.41) is 9.53. The van der Waals surface area contributed by atoms with Crippen molar-refractivity contribution < 1.29 is 0 Å². The maximum absolute atomic E-state index is 4.33. The van der Waals surface area contributed by atoms with Crippen LogP contribution in [0, 0.1) is 13.8 Å². The predicted octanol–water partition coefficient (Wildman–Crippen LogP) is 4.22. The van der Waals surface area contributed by atoms with Crippen molar-refractivity contribution in [1.82, 2.24) is 14.8 Å². The van der Waals surface area contributed by atoms with Crippen LogP contribution in [0.25, 0.3) is 5.69 Å². The van der Waals surface area contributed by atoms with Crippen LogP contribution in [0.1, 0.15) is 17.0 Å². The van der Waals surface area contributed by atoms with Crippen molar-refractivity contribution in [1.29, 1.82) is 0 Å². The summed E-state index contributed by atoms with van der Waals surface area (Å²) in [6.45, 7) is 4.10. The zero-order valence-electron chi connectivity index (χ0n) is 12.9. The van der Waals surface area contributed by atoms with Gasteiger partial charge in [-0.15, -0.1) is 10.2 Å². The van der Waals surface area contributed by atoms with Crippen molar-refractivity contribution in [2.75, 3.05) is 5.75 Å². The molecule has 0 saturated carbocycles. The van der Waals surface area contributed by atoms with Crippen LogP contribution in [-0.4, -0.2) is 20.5 Å². The second-order valence-corrected chi connectivity index (χ2v) is 6.35. The highest BCUT2D eigenvalue weighted by atomic mass is 32.2. The standard InChI is InChI=1S/C18H19N3S/c1-14-7-6-10-17(13-14)21-15(2)19-20-18(21)22-12-11-16-8-4-3-5-9-16/h3-10,13H,11-12H2,1-2H3. The molecule has 0 spiro atoms. The summed E-state index contributed by atoms with van der Waals surface area (Å²) in [4.78, 5) is 0. The second-order valence-electron chi connectivity index (χ2n) is 5.29. The molecule has 0 aliphatic heterocycles. The van der Waals surface area contributed by atoms with Gasteiger partial charge in [0.1, 0.15) is 5.82 Å². The van der Waals surface area contributed by atoms with Gasteiger partial charge in [0.05, 0.1) is 0 Å². The third-order valence-corrected chi connectivity index (χ3v) is 4.45. The maximum atomic E-state index is 4.33. The van der Waals surface area contributed by atoms with E-state index in [1.165, 1.54) is 11.1 Å². The summed E-state index contributed by atoms with van der Waals surface area (Å²) < 4.78 is 2.13. The van der Waals surface area contributed by atoms with Gasteiger partial charge < -0.3 is 0 Å². The average Bonchev–Trinajstić information content (AvgIpc) is 2.89. The Balaban J connectivity index is 1.75. The number of rotatable bonds is 5. The molecule has 0 saturated heterocycles. The van der Waals surface area contributed by atoms with E-state index in [2.05, 4.69) is 70.2 Å². The lowest BCUT2D eigenvalue weighted by Crippen LogP contribution is -2.00. The van der Waals surface area contributed by atoms with Gasteiger partial charge in [0.2, 0.25) is 0 Å². The topological polar surface area (TPSA) is 30.7 Å². The number of aryl methyl sites for hydroxylation is 3. The van der Waals surface area contributed by atoms with Crippen LogP contribution in [0.5, 0.6) is 0 Å². The molecule has 112 valence electrons. The monoisotopic (exact) mass is 309 g/mol. The molecular weight excluding hydrogens is 290 g/mol. The molecule has 22 heavy (non-hydrogen) atoms. The molecule has 3 aromatic rings. The Labute approximate surface area is 135 Å². The van der Waals surface area contributed by atoms with Crippen LogP contribution in [0.15, 0.2) is 59.8 Å². The minimum absolute atomic E-state index is 0.924. The molecule has 0 radical (unpaired) electrons. The summed E-state index contributed by atoms with van der Waals surface area (Å²) >= 11 is 1.75. The Kier molecular flexibility index (Phi) is 4.59. The fourth-order valence-electron chi connectivity index (χ4n) is 2.41. The summed E-state index contributed by atoms with van der Waals surface area (Å²) in [5.74, 6) is 1.92. The molecule has 3 rings (SSSR count). The Morgan fingerprint density at radius 3 is 2.55 bits per heavy atom. The first kappa shape index (κ1) is 14.9. The number of hydrogen-bond acceptors (Lipinski definition) is 3. The molecule has 0 aliphatic carbocycles. The summed E-state index contributed by atoms with van der Waals surface area (Å²) in [7, 11) is 0. The van der Waals surface area contributed by atoms with Gasteiger partial charge in [-0.05, 0) is 43.5 Å². The smallest absolute Gasteiger partial charge is 0.195 e. The van der Waals surface area contributed by atoms with Gasteiger partial charge in [-0.1, -0.05) is 54.2 Å². The van der Waals surface area contributed by atoms with Gasteiger partial charge in [-0.25, -0.2) is 0 Å². The zero-order valence-corrected chi connectivity index (χ0v) is 13.7. The van der Waals surface area contributed by atoms with Crippen LogP contribution in [0.2, 0.25) is 0 Å². The molecule has 2 aromatic carbocycles. The zero-order chi connectivity index (χ0) is 15.4. The molecular formula is C18H19N3S. The van der Waals surface area contributed by atoms with Crippen molar-refractivity contribution in [2.45, 2.75) is 25.4 Å². The SMILES string of the molecule is Cc1cccc(-n2c(C)nnc2SCCc2ccccc2)c1. The van der Waals surface area contributed by atoms with Gasteiger partial charge in [-0.3, -0.25) is 4.57 Å². The Morgan fingerprint density at radius 1 is 0.955 bits per heavy atom. The van der Waals surface area contributed by atoms with E-state index in [-0.39, 0.29) is 0 Å². The molecule has 1 aromatic heterocycles. The summed E-state index contributed by atoms with van der Waals surface area (Å²) in [5.41, 5.74) is 3.73. The lowest BCUT2D eigenvalue weighted by atomic mass is 10.2. The molecule has 0 bridgehead atoms. The van der Waals surface area contributed by atoms with Gasteiger partial charge in [-0.2, -0.15) is 0 Å². The first-order valence-corrected chi connectivity index (χ1v) is 8.38. The van der Waals surface area contributed by atoms with Crippen molar-refractivity contribution in [3.05, 3.63) is 71.5 Å². The van der Waals surface area contributed by atoms with Crippen molar-refractivity contribution in [3.8, 4) is 5.69 Å². The predicted molar refractivity (Wildman–Crippen MR) is 91.7 cm³/mol. The highest BCUT2D eigenvalue weighted by Crippen LogP contribution is 2.23. The molecule has 0 N–H and O–H groups in total. The van der Waals surface area contributed by atoms with Crippen LogP contribution in [-0.2, 0) is 6.42 Å². The fourth-order valence-corrected chi connectivity index (χ4v) is 3.39. The van der Waals surface area contributed by atoms with E-state index in [4.69, 9.17) is 0 Å². The molecule has 3 nitrogen and oxygen atoms in total. The van der Waals surface area contributed by atoms with Crippen LogP contribution in [0.4, 0.5) is 0 Å². The Morgan fingerprint density at radius 2 is 1.77 bits per heavy atom. The summed E-state index contributed by atoms with van der Waals surface area (Å²) in [6, 6.07) is 19.0. The number of thioether (sulfide) groups is 1. The molecule has 0 unspecified atom stereocenters.